The van der Waals surface area contributed by atoms with Crippen LogP contribution in [0.25, 0.3) is 0 Å². The van der Waals surface area contributed by atoms with Gasteiger partial charge in [-0.2, -0.15) is 0 Å². The number of halogens is 2. The van der Waals surface area contributed by atoms with E-state index in [0.717, 1.165) is 30.5 Å². The molecule has 0 amide bonds. The van der Waals surface area contributed by atoms with E-state index in [2.05, 4.69) is 12.2 Å². The molecule has 0 aromatic heterocycles. The van der Waals surface area contributed by atoms with Crippen molar-refractivity contribution in [2.24, 2.45) is 11.8 Å². The van der Waals surface area contributed by atoms with E-state index in [4.69, 9.17) is 11.6 Å². The molecule has 0 radical (unpaired) electrons. The molecule has 1 aliphatic rings. The van der Waals surface area contributed by atoms with Crippen LogP contribution in [-0.4, -0.2) is 6.54 Å². The molecule has 1 aromatic carbocycles. The van der Waals surface area contributed by atoms with E-state index in [9.17, 15) is 4.39 Å². The molecule has 0 heterocycles. The quantitative estimate of drug-likeness (QED) is 0.820. The van der Waals surface area contributed by atoms with Crippen molar-refractivity contribution in [3.63, 3.8) is 0 Å². The lowest BCUT2D eigenvalue weighted by Crippen LogP contribution is -2.26. The van der Waals surface area contributed by atoms with Crippen LogP contribution in [0.3, 0.4) is 0 Å². The van der Waals surface area contributed by atoms with E-state index in [-0.39, 0.29) is 10.8 Å². The maximum Gasteiger partial charge on any atom is 0.142 e. The predicted octanol–water partition coefficient (Wildman–Crippen LogP) is 4.79. The Bertz CT molecular complexity index is 400. The molecule has 1 aromatic rings. The van der Waals surface area contributed by atoms with Gasteiger partial charge in [-0.3, -0.25) is 0 Å². The Hall–Kier alpha value is -0.600. The molecule has 2 rings (SSSR count). The first-order valence-electron chi connectivity index (χ1n) is 7.33. The number of rotatable bonds is 5. The second kappa shape index (κ2) is 7.25. The van der Waals surface area contributed by atoms with Gasteiger partial charge in [-0.15, -0.1) is 0 Å². The summed E-state index contributed by atoms with van der Waals surface area (Å²) >= 11 is 5.67. The van der Waals surface area contributed by atoms with Crippen LogP contribution < -0.4 is 5.32 Å². The molecule has 0 atom stereocenters. The molecule has 0 unspecified atom stereocenters. The standard InChI is InChI=1S/C16H23ClFN/c1-2-12-3-5-13(6-4-12)10-19-11-14-7-8-15(17)16(18)9-14/h7-9,12-13,19H,2-6,10-11H2,1H3. The molecule has 1 aliphatic carbocycles. The fourth-order valence-electron chi connectivity index (χ4n) is 2.91. The Morgan fingerprint density at radius 1 is 1.21 bits per heavy atom. The number of hydrogen-bond donors (Lipinski definition) is 1. The number of benzene rings is 1. The van der Waals surface area contributed by atoms with Gasteiger partial charge in [-0.1, -0.05) is 43.9 Å². The molecule has 1 saturated carbocycles. The Labute approximate surface area is 120 Å². The third-order valence-corrected chi connectivity index (χ3v) is 4.60. The van der Waals surface area contributed by atoms with Gasteiger partial charge in [0.15, 0.2) is 0 Å². The van der Waals surface area contributed by atoms with Gasteiger partial charge in [0.2, 0.25) is 0 Å². The largest absolute Gasteiger partial charge is 0.312 e. The Balaban J connectivity index is 1.70. The molecule has 0 spiro atoms. The second-order valence-corrected chi connectivity index (χ2v) is 6.08. The molecule has 1 nitrogen and oxygen atoms in total. The van der Waals surface area contributed by atoms with Crippen molar-refractivity contribution in [3.05, 3.63) is 34.6 Å². The van der Waals surface area contributed by atoms with Crippen molar-refractivity contribution < 1.29 is 4.39 Å². The van der Waals surface area contributed by atoms with Gasteiger partial charge < -0.3 is 5.32 Å². The average molecular weight is 284 g/mol. The maximum atomic E-state index is 13.3. The molecule has 0 saturated heterocycles. The zero-order valence-corrected chi connectivity index (χ0v) is 12.3. The highest BCUT2D eigenvalue weighted by atomic mass is 35.5. The van der Waals surface area contributed by atoms with E-state index >= 15 is 0 Å². The van der Waals surface area contributed by atoms with E-state index in [0.29, 0.717) is 0 Å². The first-order valence-corrected chi connectivity index (χ1v) is 7.71. The monoisotopic (exact) mass is 283 g/mol. The Morgan fingerprint density at radius 2 is 1.89 bits per heavy atom. The van der Waals surface area contributed by atoms with Crippen molar-refractivity contribution in [1.82, 2.24) is 5.32 Å². The summed E-state index contributed by atoms with van der Waals surface area (Å²) in [5.74, 6) is 1.41. The molecule has 1 fully saturated rings. The smallest absolute Gasteiger partial charge is 0.142 e. The average Bonchev–Trinajstić information content (AvgIpc) is 2.43. The predicted molar refractivity (Wildman–Crippen MR) is 78.9 cm³/mol. The number of hydrogen-bond acceptors (Lipinski definition) is 1. The van der Waals surface area contributed by atoms with Crippen LogP contribution in [0.2, 0.25) is 5.02 Å². The van der Waals surface area contributed by atoms with Gasteiger partial charge in [-0.05, 0) is 48.9 Å². The summed E-state index contributed by atoms with van der Waals surface area (Å²) in [4.78, 5) is 0. The van der Waals surface area contributed by atoms with Crippen LogP contribution in [0.1, 0.15) is 44.6 Å². The summed E-state index contributed by atoms with van der Waals surface area (Å²) < 4.78 is 13.3. The normalized spacial score (nSPS) is 23.5. The van der Waals surface area contributed by atoms with Crippen molar-refractivity contribution in [2.45, 2.75) is 45.6 Å². The van der Waals surface area contributed by atoms with Gasteiger partial charge in [-0.25, -0.2) is 4.39 Å². The third-order valence-electron chi connectivity index (χ3n) is 4.29. The van der Waals surface area contributed by atoms with Crippen molar-refractivity contribution in [1.29, 1.82) is 0 Å². The van der Waals surface area contributed by atoms with Crippen LogP contribution >= 0.6 is 11.6 Å². The first kappa shape index (κ1) is 14.8. The van der Waals surface area contributed by atoms with Crippen molar-refractivity contribution in [3.8, 4) is 0 Å². The molecule has 0 bridgehead atoms. The van der Waals surface area contributed by atoms with E-state index in [1.807, 2.05) is 6.07 Å². The van der Waals surface area contributed by atoms with Crippen LogP contribution in [0.4, 0.5) is 4.39 Å². The van der Waals surface area contributed by atoms with Gasteiger partial charge in [0.25, 0.3) is 0 Å². The zero-order valence-electron chi connectivity index (χ0n) is 11.6. The summed E-state index contributed by atoms with van der Waals surface area (Å²) in [5.41, 5.74) is 0.962. The lowest BCUT2D eigenvalue weighted by Gasteiger charge is -2.27. The minimum Gasteiger partial charge on any atom is -0.312 e. The molecule has 19 heavy (non-hydrogen) atoms. The Morgan fingerprint density at radius 3 is 2.53 bits per heavy atom. The van der Waals surface area contributed by atoms with E-state index in [1.54, 1.807) is 6.07 Å². The van der Waals surface area contributed by atoms with Gasteiger partial charge >= 0.3 is 0 Å². The van der Waals surface area contributed by atoms with Crippen molar-refractivity contribution in [2.75, 3.05) is 6.54 Å². The zero-order chi connectivity index (χ0) is 13.7. The molecule has 0 aliphatic heterocycles. The van der Waals surface area contributed by atoms with Crippen LogP contribution in [-0.2, 0) is 6.54 Å². The lowest BCUT2D eigenvalue weighted by molar-refractivity contribution is 0.262. The van der Waals surface area contributed by atoms with Gasteiger partial charge in [0.05, 0.1) is 5.02 Å². The Kier molecular flexibility index (Phi) is 5.65. The van der Waals surface area contributed by atoms with E-state index in [1.165, 1.54) is 38.2 Å². The minimum atomic E-state index is -0.329. The van der Waals surface area contributed by atoms with Crippen molar-refractivity contribution >= 4 is 11.6 Å². The summed E-state index contributed by atoms with van der Waals surface area (Å²) in [6.07, 6.45) is 6.74. The highest BCUT2D eigenvalue weighted by Gasteiger charge is 2.19. The lowest BCUT2D eigenvalue weighted by atomic mass is 9.81. The minimum absolute atomic E-state index is 0.196. The third kappa shape index (κ3) is 4.47. The summed E-state index contributed by atoms with van der Waals surface area (Å²) in [6.45, 7) is 4.06. The fraction of sp³-hybridized carbons (Fsp3) is 0.625. The topological polar surface area (TPSA) is 12.0 Å². The van der Waals surface area contributed by atoms with E-state index < -0.39 is 0 Å². The summed E-state index contributed by atoms with van der Waals surface area (Å²) in [7, 11) is 0. The molecular formula is C16H23ClFN. The highest BCUT2D eigenvalue weighted by Crippen LogP contribution is 2.30. The molecule has 106 valence electrons. The fourth-order valence-corrected chi connectivity index (χ4v) is 3.03. The maximum absolute atomic E-state index is 13.3. The second-order valence-electron chi connectivity index (χ2n) is 5.67. The first-order chi connectivity index (χ1) is 9.19. The van der Waals surface area contributed by atoms with Gasteiger partial charge in [0, 0.05) is 6.54 Å². The molecular weight excluding hydrogens is 261 g/mol. The summed E-state index contributed by atoms with van der Waals surface area (Å²) in [5, 5.41) is 3.64. The summed E-state index contributed by atoms with van der Waals surface area (Å²) in [6, 6.07) is 5.02. The van der Waals surface area contributed by atoms with Crippen LogP contribution in [0, 0.1) is 17.7 Å². The SMILES string of the molecule is CCC1CCC(CNCc2ccc(Cl)c(F)c2)CC1. The highest BCUT2D eigenvalue weighted by molar-refractivity contribution is 6.30. The molecule has 1 N–H and O–H groups in total. The van der Waals surface area contributed by atoms with Crippen LogP contribution in [0.5, 0.6) is 0 Å². The molecule has 3 heteroatoms. The van der Waals surface area contributed by atoms with Gasteiger partial charge in [0.1, 0.15) is 5.82 Å². The van der Waals surface area contributed by atoms with Crippen LogP contribution in [0.15, 0.2) is 18.2 Å². The number of nitrogens with one attached hydrogen (secondary N) is 1.